The maximum Gasteiger partial charge on any atom is 0.336 e. The molecule has 1 aromatic heterocycles. The molecule has 3 aromatic rings. The molecule has 0 aliphatic rings. The molecule has 0 atom stereocenters. The number of hydrogen-bond acceptors (Lipinski definition) is 3. The standard InChI is InChI=1S/C26H30N2O4/c1-4-14-27-24(17-29)23(13-10-18(2)3)28(26(27)32)16-19-11-12-21(22(15-19)25(30)31)20-8-6-5-7-9-20/h5-9,11-12,15,17-18H,4,10,13-14,16H2,1-3H3,(H,30,31). The first kappa shape index (κ1) is 23.3. The van der Waals surface area contributed by atoms with Gasteiger partial charge in [0.2, 0.25) is 0 Å². The molecule has 1 heterocycles. The van der Waals surface area contributed by atoms with Crippen molar-refractivity contribution in [3.63, 3.8) is 0 Å². The monoisotopic (exact) mass is 434 g/mol. The molecule has 6 nitrogen and oxygen atoms in total. The van der Waals surface area contributed by atoms with Gasteiger partial charge in [-0.2, -0.15) is 0 Å². The first-order valence-electron chi connectivity index (χ1n) is 11.1. The zero-order valence-corrected chi connectivity index (χ0v) is 18.9. The van der Waals surface area contributed by atoms with Crippen molar-refractivity contribution in [2.45, 2.75) is 53.1 Å². The van der Waals surface area contributed by atoms with E-state index in [1.54, 1.807) is 21.3 Å². The first-order chi connectivity index (χ1) is 15.4. The summed E-state index contributed by atoms with van der Waals surface area (Å²) in [6.45, 7) is 6.87. The Morgan fingerprint density at radius 3 is 2.41 bits per heavy atom. The van der Waals surface area contributed by atoms with Crippen molar-refractivity contribution in [3.8, 4) is 11.1 Å². The highest BCUT2D eigenvalue weighted by molar-refractivity contribution is 5.96. The van der Waals surface area contributed by atoms with Gasteiger partial charge in [0.05, 0.1) is 17.8 Å². The van der Waals surface area contributed by atoms with Crippen LogP contribution >= 0.6 is 0 Å². The van der Waals surface area contributed by atoms with E-state index in [0.29, 0.717) is 35.7 Å². The molecule has 0 aliphatic carbocycles. The molecule has 0 saturated carbocycles. The van der Waals surface area contributed by atoms with Crippen molar-refractivity contribution in [2.75, 3.05) is 0 Å². The summed E-state index contributed by atoms with van der Waals surface area (Å²) in [6.07, 6.45) is 2.98. The van der Waals surface area contributed by atoms with E-state index in [1.165, 1.54) is 0 Å². The summed E-state index contributed by atoms with van der Waals surface area (Å²) >= 11 is 0. The van der Waals surface area contributed by atoms with Crippen LogP contribution in [0.4, 0.5) is 0 Å². The third kappa shape index (κ3) is 4.90. The maximum atomic E-state index is 13.2. The average Bonchev–Trinajstić information content (AvgIpc) is 3.03. The van der Waals surface area contributed by atoms with Crippen molar-refractivity contribution in [1.82, 2.24) is 9.13 Å². The minimum atomic E-state index is -1.02. The SMILES string of the molecule is CCCn1c(C=O)c(CCC(C)C)n(Cc2ccc(-c3ccccc3)c(C(=O)O)c2)c1=O. The molecule has 0 aliphatic heterocycles. The smallest absolute Gasteiger partial charge is 0.336 e. The number of imidazole rings is 1. The van der Waals surface area contributed by atoms with Gasteiger partial charge in [-0.05, 0) is 47.9 Å². The lowest BCUT2D eigenvalue weighted by molar-refractivity contribution is 0.0697. The van der Waals surface area contributed by atoms with E-state index < -0.39 is 5.97 Å². The topological polar surface area (TPSA) is 81.3 Å². The van der Waals surface area contributed by atoms with Gasteiger partial charge < -0.3 is 5.11 Å². The number of nitrogens with zero attached hydrogens (tertiary/aromatic N) is 2. The molecule has 3 rings (SSSR count). The number of carboxylic acid groups (broad SMARTS) is 1. The summed E-state index contributed by atoms with van der Waals surface area (Å²) in [5.41, 5.74) is 3.27. The fourth-order valence-electron chi connectivity index (χ4n) is 4.00. The van der Waals surface area contributed by atoms with E-state index in [9.17, 15) is 19.5 Å². The molecule has 32 heavy (non-hydrogen) atoms. The van der Waals surface area contributed by atoms with Crippen LogP contribution in [0.25, 0.3) is 11.1 Å². The molecule has 168 valence electrons. The molecular weight excluding hydrogens is 404 g/mol. The van der Waals surface area contributed by atoms with Crippen LogP contribution in [0, 0.1) is 5.92 Å². The lowest BCUT2D eigenvalue weighted by Gasteiger charge is -2.12. The van der Waals surface area contributed by atoms with Gasteiger partial charge in [-0.3, -0.25) is 13.9 Å². The molecule has 0 fully saturated rings. The predicted molar refractivity (Wildman–Crippen MR) is 125 cm³/mol. The summed E-state index contributed by atoms with van der Waals surface area (Å²) in [6, 6.07) is 14.6. The molecule has 0 spiro atoms. The number of carboxylic acids is 1. The van der Waals surface area contributed by atoms with Gasteiger partial charge in [0.25, 0.3) is 0 Å². The summed E-state index contributed by atoms with van der Waals surface area (Å²) in [5.74, 6) is -0.591. The van der Waals surface area contributed by atoms with Crippen LogP contribution in [0.5, 0.6) is 0 Å². The van der Waals surface area contributed by atoms with Gasteiger partial charge in [0.15, 0.2) is 6.29 Å². The van der Waals surface area contributed by atoms with E-state index in [1.807, 2.05) is 43.3 Å². The zero-order chi connectivity index (χ0) is 23.3. The van der Waals surface area contributed by atoms with Crippen LogP contribution in [0.15, 0.2) is 53.3 Å². The highest BCUT2D eigenvalue weighted by Crippen LogP contribution is 2.25. The second kappa shape index (κ2) is 10.3. The molecular formula is C26H30N2O4. The number of aldehydes is 1. The lowest BCUT2D eigenvalue weighted by atomic mass is 9.97. The average molecular weight is 435 g/mol. The van der Waals surface area contributed by atoms with Gasteiger partial charge in [0, 0.05) is 6.54 Å². The fourth-order valence-corrected chi connectivity index (χ4v) is 4.00. The van der Waals surface area contributed by atoms with Crippen LogP contribution < -0.4 is 5.69 Å². The van der Waals surface area contributed by atoms with Gasteiger partial charge in [-0.25, -0.2) is 9.59 Å². The summed E-state index contributed by atoms with van der Waals surface area (Å²) < 4.78 is 3.17. The number of carbonyl (C=O) groups is 2. The Bertz CT molecular complexity index is 1160. The van der Waals surface area contributed by atoms with E-state index in [2.05, 4.69) is 13.8 Å². The van der Waals surface area contributed by atoms with Gasteiger partial charge in [0.1, 0.15) is 5.69 Å². The zero-order valence-electron chi connectivity index (χ0n) is 18.9. The van der Waals surface area contributed by atoms with Crippen molar-refractivity contribution < 1.29 is 14.7 Å². The second-order valence-corrected chi connectivity index (χ2v) is 8.45. The van der Waals surface area contributed by atoms with E-state index in [4.69, 9.17) is 0 Å². The largest absolute Gasteiger partial charge is 0.478 e. The van der Waals surface area contributed by atoms with Gasteiger partial charge in [-0.1, -0.05) is 63.2 Å². The molecule has 0 amide bonds. The molecule has 0 radical (unpaired) electrons. The van der Waals surface area contributed by atoms with E-state index in [0.717, 1.165) is 30.4 Å². The highest BCUT2D eigenvalue weighted by Gasteiger charge is 2.20. The fraction of sp³-hybridized carbons (Fsp3) is 0.346. The third-order valence-electron chi connectivity index (χ3n) is 5.63. The third-order valence-corrected chi connectivity index (χ3v) is 5.63. The lowest BCUT2D eigenvalue weighted by Crippen LogP contribution is -2.26. The predicted octanol–water partition coefficient (Wildman–Crippen LogP) is 4.87. The summed E-state index contributed by atoms with van der Waals surface area (Å²) in [4.78, 5) is 37.0. The Morgan fingerprint density at radius 1 is 1.09 bits per heavy atom. The highest BCUT2D eigenvalue weighted by atomic mass is 16.4. The van der Waals surface area contributed by atoms with Crippen LogP contribution in [0.2, 0.25) is 0 Å². The van der Waals surface area contributed by atoms with Crippen molar-refractivity contribution in [3.05, 3.63) is 81.5 Å². The molecule has 6 heteroatoms. The molecule has 0 bridgehead atoms. The minimum Gasteiger partial charge on any atom is -0.478 e. The number of aromatic carboxylic acids is 1. The van der Waals surface area contributed by atoms with E-state index >= 15 is 0 Å². The number of benzene rings is 2. The van der Waals surface area contributed by atoms with Crippen LogP contribution in [0.3, 0.4) is 0 Å². The number of carbonyl (C=O) groups excluding carboxylic acids is 1. The van der Waals surface area contributed by atoms with Crippen molar-refractivity contribution >= 4 is 12.3 Å². The van der Waals surface area contributed by atoms with Crippen molar-refractivity contribution in [2.24, 2.45) is 5.92 Å². The second-order valence-electron chi connectivity index (χ2n) is 8.45. The normalized spacial score (nSPS) is 11.1. The number of aromatic nitrogens is 2. The minimum absolute atomic E-state index is 0.189. The van der Waals surface area contributed by atoms with Gasteiger partial charge >= 0.3 is 11.7 Å². The Hall–Kier alpha value is -3.41. The number of rotatable bonds is 10. The summed E-state index contributed by atoms with van der Waals surface area (Å²) in [5, 5.41) is 9.81. The number of hydrogen-bond donors (Lipinski definition) is 1. The Balaban J connectivity index is 2.07. The van der Waals surface area contributed by atoms with Gasteiger partial charge in [-0.15, -0.1) is 0 Å². The first-order valence-corrected chi connectivity index (χ1v) is 11.1. The summed E-state index contributed by atoms with van der Waals surface area (Å²) in [7, 11) is 0. The van der Waals surface area contributed by atoms with Crippen LogP contribution in [0.1, 0.15) is 65.7 Å². The molecule has 0 saturated heterocycles. The van der Waals surface area contributed by atoms with E-state index in [-0.39, 0.29) is 17.8 Å². The Kier molecular flexibility index (Phi) is 7.46. The Labute approximate surface area is 188 Å². The van der Waals surface area contributed by atoms with Crippen LogP contribution in [-0.2, 0) is 19.5 Å². The van der Waals surface area contributed by atoms with Crippen LogP contribution in [-0.4, -0.2) is 26.5 Å². The quantitative estimate of drug-likeness (QED) is 0.462. The van der Waals surface area contributed by atoms with Crippen molar-refractivity contribution in [1.29, 1.82) is 0 Å². The Morgan fingerprint density at radius 2 is 1.81 bits per heavy atom. The molecule has 2 aromatic carbocycles. The molecule has 0 unspecified atom stereocenters. The molecule has 1 N–H and O–H groups in total. The maximum absolute atomic E-state index is 13.2.